The Labute approximate surface area is 91.2 Å². The Morgan fingerprint density at radius 2 is 2.33 bits per heavy atom. The zero-order valence-electron chi connectivity index (χ0n) is 9.79. The number of furan rings is 1. The molecule has 1 aromatic rings. The van der Waals surface area contributed by atoms with Gasteiger partial charge in [0.05, 0.1) is 5.54 Å². The molecule has 0 amide bonds. The van der Waals surface area contributed by atoms with E-state index < -0.39 is 0 Å². The van der Waals surface area contributed by atoms with E-state index in [4.69, 9.17) is 10.2 Å². The van der Waals surface area contributed by atoms with Gasteiger partial charge in [-0.2, -0.15) is 0 Å². The molecule has 0 bridgehead atoms. The molecule has 15 heavy (non-hydrogen) atoms. The van der Waals surface area contributed by atoms with Gasteiger partial charge in [-0.15, -0.1) is 0 Å². The molecular formula is C12H20N2O. The average molecular weight is 208 g/mol. The molecule has 2 unspecified atom stereocenters. The largest absolute Gasteiger partial charge is 0.464 e. The molecule has 3 heteroatoms. The lowest BCUT2D eigenvalue weighted by molar-refractivity contribution is 0.121. The van der Waals surface area contributed by atoms with Crippen LogP contribution < -0.4 is 5.73 Å². The molecule has 2 N–H and O–H groups in total. The Balaban J connectivity index is 2.38. The minimum Gasteiger partial charge on any atom is -0.464 e. The van der Waals surface area contributed by atoms with Gasteiger partial charge in [0.15, 0.2) is 0 Å². The van der Waals surface area contributed by atoms with Crippen molar-refractivity contribution in [3.05, 3.63) is 23.7 Å². The van der Waals surface area contributed by atoms with E-state index in [0.29, 0.717) is 5.92 Å². The van der Waals surface area contributed by atoms with Gasteiger partial charge in [0.25, 0.3) is 0 Å². The SMILES string of the molecule is Cc1ccc(C2(C)C(CN)CCN2C)o1. The molecule has 2 rings (SSSR count). The zero-order chi connectivity index (χ0) is 11.1. The van der Waals surface area contributed by atoms with Crippen molar-refractivity contribution in [3.63, 3.8) is 0 Å². The van der Waals surface area contributed by atoms with Gasteiger partial charge >= 0.3 is 0 Å². The summed E-state index contributed by atoms with van der Waals surface area (Å²) in [7, 11) is 2.15. The van der Waals surface area contributed by atoms with Crippen LogP contribution in [0.2, 0.25) is 0 Å². The topological polar surface area (TPSA) is 42.4 Å². The second-order valence-corrected chi connectivity index (χ2v) is 4.70. The number of hydrogen-bond donors (Lipinski definition) is 1. The summed E-state index contributed by atoms with van der Waals surface area (Å²) in [6.07, 6.45) is 1.16. The maximum Gasteiger partial charge on any atom is 0.124 e. The summed E-state index contributed by atoms with van der Waals surface area (Å²) < 4.78 is 5.78. The minimum absolute atomic E-state index is 0.0248. The van der Waals surface area contributed by atoms with Gasteiger partial charge in [0.1, 0.15) is 11.5 Å². The minimum atomic E-state index is -0.0248. The molecule has 2 heterocycles. The lowest BCUT2D eigenvalue weighted by Crippen LogP contribution is -2.42. The first-order valence-electron chi connectivity index (χ1n) is 5.57. The highest BCUT2D eigenvalue weighted by Gasteiger charge is 2.45. The van der Waals surface area contributed by atoms with Crippen molar-refractivity contribution in [2.24, 2.45) is 11.7 Å². The molecule has 0 saturated carbocycles. The van der Waals surface area contributed by atoms with Crippen molar-refractivity contribution in [2.45, 2.75) is 25.8 Å². The predicted molar refractivity (Wildman–Crippen MR) is 60.6 cm³/mol. The highest BCUT2D eigenvalue weighted by molar-refractivity contribution is 5.18. The molecular weight excluding hydrogens is 188 g/mol. The van der Waals surface area contributed by atoms with Crippen LogP contribution in [0.4, 0.5) is 0 Å². The predicted octanol–water partition coefficient (Wildman–Crippen LogP) is 1.71. The fourth-order valence-corrected chi connectivity index (χ4v) is 2.62. The standard InChI is InChI=1S/C12H20N2O/c1-9-4-5-11(15-9)12(2)10(8-13)6-7-14(12)3/h4-5,10H,6-8,13H2,1-3H3. The van der Waals surface area contributed by atoms with Crippen LogP contribution in [0.1, 0.15) is 24.9 Å². The molecule has 84 valence electrons. The zero-order valence-corrected chi connectivity index (χ0v) is 9.79. The van der Waals surface area contributed by atoms with E-state index in [1.807, 2.05) is 13.0 Å². The number of aryl methyl sites for hydroxylation is 1. The third kappa shape index (κ3) is 1.50. The van der Waals surface area contributed by atoms with Crippen LogP contribution in [0.15, 0.2) is 16.5 Å². The van der Waals surface area contributed by atoms with Gasteiger partial charge in [0, 0.05) is 0 Å². The van der Waals surface area contributed by atoms with E-state index in [9.17, 15) is 0 Å². The monoisotopic (exact) mass is 208 g/mol. The lowest BCUT2D eigenvalue weighted by atomic mass is 9.84. The van der Waals surface area contributed by atoms with Crippen LogP contribution in [0.25, 0.3) is 0 Å². The molecule has 1 aliphatic heterocycles. The Morgan fingerprint density at radius 3 is 2.87 bits per heavy atom. The van der Waals surface area contributed by atoms with E-state index >= 15 is 0 Å². The fraction of sp³-hybridized carbons (Fsp3) is 0.667. The van der Waals surface area contributed by atoms with Crippen molar-refractivity contribution in [1.29, 1.82) is 0 Å². The van der Waals surface area contributed by atoms with Crippen LogP contribution in [-0.4, -0.2) is 25.0 Å². The van der Waals surface area contributed by atoms with Crippen molar-refractivity contribution < 1.29 is 4.42 Å². The summed E-state index contributed by atoms with van der Waals surface area (Å²) in [5.74, 6) is 2.52. The van der Waals surface area contributed by atoms with Crippen LogP contribution in [0.3, 0.4) is 0 Å². The van der Waals surface area contributed by atoms with Crippen molar-refractivity contribution >= 4 is 0 Å². The van der Waals surface area contributed by atoms with Crippen LogP contribution >= 0.6 is 0 Å². The molecule has 0 spiro atoms. The van der Waals surface area contributed by atoms with Gasteiger partial charge in [-0.25, -0.2) is 0 Å². The van der Waals surface area contributed by atoms with Crippen molar-refractivity contribution in [3.8, 4) is 0 Å². The smallest absolute Gasteiger partial charge is 0.124 e. The number of rotatable bonds is 2. The van der Waals surface area contributed by atoms with Crippen LogP contribution in [0.5, 0.6) is 0 Å². The van der Waals surface area contributed by atoms with Crippen LogP contribution in [0, 0.1) is 12.8 Å². The quantitative estimate of drug-likeness (QED) is 0.804. The number of nitrogens with zero attached hydrogens (tertiary/aromatic N) is 1. The summed E-state index contributed by atoms with van der Waals surface area (Å²) in [6, 6.07) is 4.11. The van der Waals surface area contributed by atoms with Gasteiger partial charge < -0.3 is 10.2 Å². The van der Waals surface area contributed by atoms with Gasteiger partial charge in [-0.3, -0.25) is 4.90 Å². The van der Waals surface area contributed by atoms with Crippen molar-refractivity contribution in [1.82, 2.24) is 4.90 Å². The summed E-state index contributed by atoms with van der Waals surface area (Å²) in [5.41, 5.74) is 5.82. The van der Waals surface area contributed by atoms with E-state index in [1.54, 1.807) is 0 Å². The molecule has 1 aromatic heterocycles. The molecule has 1 aliphatic rings. The second-order valence-electron chi connectivity index (χ2n) is 4.70. The highest BCUT2D eigenvalue weighted by Crippen LogP contribution is 2.42. The summed E-state index contributed by atoms with van der Waals surface area (Å²) in [6.45, 7) is 6.04. The van der Waals surface area contributed by atoms with Crippen molar-refractivity contribution in [2.75, 3.05) is 20.1 Å². The normalized spacial score (nSPS) is 32.4. The summed E-state index contributed by atoms with van der Waals surface area (Å²) >= 11 is 0. The average Bonchev–Trinajstić information content (AvgIpc) is 2.75. The highest BCUT2D eigenvalue weighted by atomic mass is 16.3. The first-order chi connectivity index (χ1) is 7.09. The van der Waals surface area contributed by atoms with Gasteiger partial charge in [0.2, 0.25) is 0 Å². The maximum atomic E-state index is 5.85. The molecule has 2 atom stereocenters. The number of likely N-dealkylation sites (tertiary alicyclic amines) is 1. The molecule has 0 aromatic carbocycles. The number of nitrogens with two attached hydrogens (primary N) is 1. The van der Waals surface area contributed by atoms with E-state index in [-0.39, 0.29) is 5.54 Å². The first kappa shape index (κ1) is 10.7. The molecule has 0 aliphatic carbocycles. The van der Waals surface area contributed by atoms with E-state index in [2.05, 4.69) is 24.9 Å². The third-order valence-corrected chi connectivity index (χ3v) is 3.92. The summed E-state index contributed by atoms with van der Waals surface area (Å²) in [4.78, 5) is 2.35. The van der Waals surface area contributed by atoms with Crippen LogP contribution in [-0.2, 0) is 5.54 Å². The molecule has 0 radical (unpaired) electrons. The Kier molecular flexibility index (Phi) is 2.61. The number of hydrogen-bond acceptors (Lipinski definition) is 3. The first-order valence-corrected chi connectivity index (χ1v) is 5.57. The maximum absolute atomic E-state index is 5.85. The second kappa shape index (κ2) is 3.65. The Hall–Kier alpha value is -0.800. The van der Waals surface area contributed by atoms with E-state index in [1.165, 1.54) is 0 Å². The van der Waals surface area contributed by atoms with Gasteiger partial charge in [-0.1, -0.05) is 0 Å². The summed E-state index contributed by atoms with van der Waals surface area (Å²) in [5, 5.41) is 0. The molecule has 1 saturated heterocycles. The lowest BCUT2D eigenvalue weighted by Gasteiger charge is -2.35. The molecule has 1 fully saturated rings. The van der Waals surface area contributed by atoms with Gasteiger partial charge in [-0.05, 0) is 58.5 Å². The molecule has 3 nitrogen and oxygen atoms in total. The Bertz CT molecular complexity index is 347. The Morgan fingerprint density at radius 1 is 1.60 bits per heavy atom. The third-order valence-electron chi connectivity index (χ3n) is 3.92. The van der Waals surface area contributed by atoms with E-state index in [0.717, 1.165) is 31.0 Å². The fourth-order valence-electron chi connectivity index (χ4n) is 2.62.